The molecule has 0 aromatic heterocycles. The van der Waals surface area contributed by atoms with Crippen LogP contribution in [-0.4, -0.2) is 31.1 Å². The molecule has 0 bridgehead atoms. The molecule has 2 aromatic rings. The maximum atomic E-state index is 13.2. The number of amides is 1. The zero-order chi connectivity index (χ0) is 37.1. The van der Waals surface area contributed by atoms with Crippen LogP contribution in [0.4, 0.5) is 0 Å². The second-order valence-corrected chi connectivity index (χ2v) is 12.6. The standard InChI is InChI=1S/C45H56ClNO4/c1-6-7-8-9-10-11-12-13-14-15-16-17-18-19-20-21-22-27-44(48)51-33-32-50-38(5)43(47-45(49)39-28-30-41(46)31-29-39)35-40(34-36(2)3)42-26-24-23-25-37(42)4/h7-8,10-11,13-14,16-17,19-20,23-26,28-31,34,43H,2,5-6,9,12,15,18,21-22,27,32-33,35H2,1,3-4H3,(H,47,49)/b8-7-,11-10-,14-13-,17-16-,20-19-,40-34-. The van der Waals surface area contributed by atoms with Crippen LogP contribution in [0.15, 0.2) is 140 Å². The predicted molar refractivity (Wildman–Crippen MR) is 216 cm³/mol. The fourth-order valence-electron chi connectivity index (χ4n) is 5.02. The van der Waals surface area contributed by atoms with Crippen LogP contribution in [-0.2, 0) is 14.3 Å². The Kier molecular flexibility index (Phi) is 21.9. The number of aryl methyl sites for hydroxylation is 1. The second-order valence-electron chi connectivity index (χ2n) is 12.2. The third-order valence-corrected chi connectivity index (χ3v) is 7.93. The molecule has 1 N–H and O–H groups in total. The maximum absolute atomic E-state index is 13.2. The van der Waals surface area contributed by atoms with E-state index in [2.05, 4.69) is 86.2 Å². The van der Waals surface area contributed by atoms with Gasteiger partial charge in [0.15, 0.2) is 0 Å². The molecule has 272 valence electrons. The molecule has 0 heterocycles. The van der Waals surface area contributed by atoms with E-state index in [4.69, 9.17) is 21.1 Å². The summed E-state index contributed by atoms with van der Waals surface area (Å²) in [5.41, 5.74) is 4.50. The van der Waals surface area contributed by atoms with E-state index < -0.39 is 6.04 Å². The molecule has 0 aliphatic carbocycles. The van der Waals surface area contributed by atoms with Gasteiger partial charge in [0.25, 0.3) is 5.91 Å². The van der Waals surface area contributed by atoms with Crippen molar-refractivity contribution >= 4 is 29.1 Å². The number of rotatable bonds is 24. The Hall–Kier alpha value is -4.61. The van der Waals surface area contributed by atoms with Crippen LogP contribution in [0.3, 0.4) is 0 Å². The number of halogens is 1. The molecule has 0 saturated heterocycles. The first-order chi connectivity index (χ1) is 24.7. The zero-order valence-electron chi connectivity index (χ0n) is 30.8. The fourth-order valence-corrected chi connectivity index (χ4v) is 5.15. The molecule has 0 fully saturated rings. The summed E-state index contributed by atoms with van der Waals surface area (Å²) in [5, 5.41) is 3.61. The highest BCUT2D eigenvalue weighted by atomic mass is 35.5. The van der Waals surface area contributed by atoms with Crippen LogP contribution >= 0.6 is 11.6 Å². The summed E-state index contributed by atoms with van der Waals surface area (Å²) in [6, 6.07) is 14.2. The molecule has 0 spiro atoms. The third-order valence-electron chi connectivity index (χ3n) is 7.68. The van der Waals surface area contributed by atoms with Crippen LogP contribution in [0.1, 0.15) is 93.1 Å². The van der Waals surface area contributed by atoms with Gasteiger partial charge in [-0.1, -0.05) is 128 Å². The average Bonchev–Trinajstić information content (AvgIpc) is 3.11. The summed E-state index contributed by atoms with van der Waals surface area (Å²) < 4.78 is 11.3. The van der Waals surface area contributed by atoms with Gasteiger partial charge in [0.05, 0.1) is 6.04 Å². The van der Waals surface area contributed by atoms with E-state index in [0.717, 1.165) is 60.8 Å². The molecule has 2 aromatic carbocycles. The minimum absolute atomic E-state index is 0.0869. The van der Waals surface area contributed by atoms with Crippen molar-refractivity contribution in [1.82, 2.24) is 5.32 Å². The van der Waals surface area contributed by atoms with E-state index in [1.165, 1.54) is 0 Å². The molecular formula is C45H56ClNO4. The minimum atomic E-state index is -0.558. The first kappa shape index (κ1) is 42.6. The molecule has 6 heteroatoms. The van der Waals surface area contributed by atoms with Crippen molar-refractivity contribution in [3.05, 3.63) is 162 Å². The summed E-state index contributed by atoms with van der Waals surface area (Å²) >= 11 is 6.03. The third kappa shape index (κ3) is 19.4. The number of unbranched alkanes of at least 4 members (excludes halogenated alkanes) is 1. The molecule has 2 rings (SSSR count). The number of benzene rings is 2. The molecule has 1 amide bonds. The molecule has 1 unspecified atom stereocenters. The minimum Gasteiger partial charge on any atom is -0.493 e. The topological polar surface area (TPSA) is 64.6 Å². The molecule has 0 aliphatic rings. The van der Waals surface area contributed by atoms with Crippen molar-refractivity contribution < 1.29 is 19.1 Å². The lowest BCUT2D eigenvalue weighted by atomic mass is 9.93. The van der Waals surface area contributed by atoms with E-state index in [0.29, 0.717) is 35.6 Å². The van der Waals surface area contributed by atoms with Crippen molar-refractivity contribution in [2.24, 2.45) is 0 Å². The number of hydrogen-bond donors (Lipinski definition) is 1. The van der Waals surface area contributed by atoms with Crippen LogP contribution in [0.5, 0.6) is 0 Å². The lowest BCUT2D eigenvalue weighted by Crippen LogP contribution is -2.37. The first-order valence-corrected chi connectivity index (χ1v) is 18.3. The van der Waals surface area contributed by atoms with Gasteiger partial charge in [-0.15, -0.1) is 0 Å². The number of carbonyl (C=O) groups excluding carboxylic acids is 2. The van der Waals surface area contributed by atoms with Gasteiger partial charge in [0.2, 0.25) is 0 Å². The summed E-state index contributed by atoms with van der Waals surface area (Å²) in [4.78, 5) is 25.5. The van der Waals surface area contributed by atoms with Crippen LogP contribution < -0.4 is 5.32 Å². The lowest BCUT2D eigenvalue weighted by Gasteiger charge is -2.24. The van der Waals surface area contributed by atoms with Crippen LogP contribution in [0, 0.1) is 6.92 Å². The van der Waals surface area contributed by atoms with Gasteiger partial charge in [0.1, 0.15) is 19.0 Å². The Bertz CT molecular complexity index is 1560. The molecule has 51 heavy (non-hydrogen) atoms. The number of esters is 1. The average molecular weight is 710 g/mol. The highest BCUT2D eigenvalue weighted by molar-refractivity contribution is 6.30. The van der Waals surface area contributed by atoms with E-state index in [9.17, 15) is 9.59 Å². The van der Waals surface area contributed by atoms with Crippen molar-refractivity contribution in [1.29, 1.82) is 0 Å². The highest BCUT2D eigenvalue weighted by Gasteiger charge is 2.21. The van der Waals surface area contributed by atoms with E-state index in [1.54, 1.807) is 24.3 Å². The van der Waals surface area contributed by atoms with Gasteiger partial charge in [-0.2, -0.15) is 0 Å². The van der Waals surface area contributed by atoms with Gasteiger partial charge in [0, 0.05) is 23.4 Å². The number of hydrogen-bond acceptors (Lipinski definition) is 4. The lowest BCUT2D eigenvalue weighted by molar-refractivity contribution is -0.144. The smallest absolute Gasteiger partial charge is 0.305 e. The Morgan fingerprint density at radius 1 is 0.804 bits per heavy atom. The van der Waals surface area contributed by atoms with Crippen LogP contribution in [0.2, 0.25) is 5.02 Å². The Balaban J connectivity index is 1.78. The van der Waals surface area contributed by atoms with Crippen molar-refractivity contribution in [2.75, 3.05) is 13.2 Å². The number of nitrogens with one attached hydrogen (secondary N) is 1. The summed E-state index contributed by atoms with van der Waals surface area (Å²) in [6.45, 7) is 14.5. The number of carbonyl (C=O) groups is 2. The summed E-state index contributed by atoms with van der Waals surface area (Å²) in [7, 11) is 0. The molecule has 0 saturated carbocycles. The quantitative estimate of drug-likeness (QED) is 0.0387. The van der Waals surface area contributed by atoms with Crippen molar-refractivity contribution in [3.8, 4) is 0 Å². The van der Waals surface area contributed by atoms with Gasteiger partial charge in [-0.25, -0.2) is 0 Å². The predicted octanol–water partition coefficient (Wildman–Crippen LogP) is 11.8. The van der Waals surface area contributed by atoms with E-state index in [1.807, 2.05) is 44.2 Å². The van der Waals surface area contributed by atoms with E-state index >= 15 is 0 Å². The second kappa shape index (κ2) is 26.2. The highest BCUT2D eigenvalue weighted by Crippen LogP contribution is 2.27. The Morgan fingerprint density at radius 2 is 1.37 bits per heavy atom. The summed E-state index contributed by atoms with van der Waals surface area (Å²) in [6.07, 6.45) is 30.8. The van der Waals surface area contributed by atoms with Crippen molar-refractivity contribution in [2.45, 2.75) is 84.6 Å². The SMILES string of the molecule is C=C(C)/C=C(/CC(NC(=O)c1ccc(Cl)cc1)C(=C)OCCOC(=O)CCC/C=C\C/C=C\C/C=C\C/C=C\C/C=C\CC)c1ccccc1C. The van der Waals surface area contributed by atoms with Crippen LogP contribution in [0.25, 0.3) is 5.57 Å². The largest absolute Gasteiger partial charge is 0.493 e. The normalized spacial score (nSPS) is 12.7. The molecule has 5 nitrogen and oxygen atoms in total. The number of ether oxygens (including phenoxy) is 2. The van der Waals surface area contributed by atoms with E-state index in [-0.39, 0.29) is 25.1 Å². The Labute approximate surface area is 311 Å². The zero-order valence-corrected chi connectivity index (χ0v) is 31.5. The van der Waals surface area contributed by atoms with Crippen molar-refractivity contribution in [3.63, 3.8) is 0 Å². The molecule has 1 atom stereocenters. The maximum Gasteiger partial charge on any atom is 0.305 e. The summed E-state index contributed by atoms with van der Waals surface area (Å²) in [5.74, 6) is -0.178. The molecule has 0 radical (unpaired) electrons. The molecule has 0 aliphatic heterocycles. The molecular weight excluding hydrogens is 654 g/mol. The van der Waals surface area contributed by atoms with Gasteiger partial charge < -0.3 is 14.8 Å². The van der Waals surface area contributed by atoms with Gasteiger partial charge >= 0.3 is 5.97 Å². The fraction of sp³-hybridized carbons (Fsp3) is 0.333. The number of allylic oxidation sites excluding steroid dienone is 12. The Morgan fingerprint density at radius 3 is 1.96 bits per heavy atom. The van der Waals surface area contributed by atoms with Gasteiger partial charge in [-0.05, 0) is 99.8 Å². The first-order valence-electron chi connectivity index (χ1n) is 17.9. The monoisotopic (exact) mass is 709 g/mol. The van der Waals surface area contributed by atoms with Gasteiger partial charge in [-0.3, -0.25) is 9.59 Å².